The number of carbonyl (C=O) groups is 1. The van der Waals surface area contributed by atoms with Crippen LogP contribution in [0.15, 0.2) is 0 Å². The average Bonchev–Trinajstić information content (AvgIpc) is 2.16. The van der Waals surface area contributed by atoms with Gasteiger partial charge in [-0.05, 0) is 31.6 Å². The molecule has 1 aliphatic rings. The highest BCUT2D eigenvalue weighted by atomic mass is 16.2. The third-order valence-electron chi connectivity index (χ3n) is 3.14. The first-order valence-electron chi connectivity index (χ1n) is 6.08. The fourth-order valence-corrected chi connectivity index (χ4v) is 2.23. The Bertz CT molecular complexity index is 208. The lowest BCUT2D eigenvalue weighted by atomic mass is 9.92. The fraction of sp³-hybridized carbons (Fsp3) is 0.917. The molecule has 0 aromatic heterocycles. The topological polar surface area (TPSA) is 32.3 Å². The van der Waals surface area contributed by atoms with Gasteiger partial charge >= 0.3 is 6.03 Å². The highest BCUT2D eigenvalue weighted by Crippen LogP contribution is 2.20. The third-order valence-corrected chi connectivity index (χ3v) is 3.14. The summed E-state index contributed by atoms with van der Waals surface area (Å²) < 4.78 is 0. The van der Waals surface area contributed by atoms with Gasteiger partial charge in [-0.1, -0.05) is 20.8 Å². The van der Waals surface area contributed by atoms with E-state index in [1.807, 2.05) is 4.90 Å². The molecule has 1 saturated heterocycles. The van der Waals surface area contributed by atoms with Gasteiger partial charge < -0.3 is 10.2 Å². The zero-order valence-corrected chi connectivity index (χ0v) is 10.4. The molecule has 3 atom stereocenters. The fourth-order valence-electron chi connectivity index (χ4n) is 2.23. The van der Waals surface area contributed by atoms with Gasteiger partial charge in [-0.2, -0.15) is 0 Å². The molecule has 3 heteroatoms. The molecule has 1 fully saturated rings. The Kier molecular flexibility index (Phi) is 4.43. The lowest BCUT2D eigenvalue weighted by molar-refractivity contribution is 0.144. The molecule has 88 valence electrons. The minimum atomic E-state index is 0.114. The molecule has 1 aliphatic heterocycles. The molecular weight excluding hydrogens is 188 g/mol. The van der Waals surface area contributed by atoms with Crippen LogP contribution in [0.3, 0.4) is 0 Å². The molecule has 0 bridgehead atoms. The quantitative estimate of drug-likeness (QED) is 0.749. The number of likely N-dealkylation sites (tertiary alicyclic amines) is 1. The summed E-state index contributed by atoms with van der Waals surface area (Å²) in [5, 5.41) is 3.03. The van der Waals surface area contributed by atoms with E-state index in [0.29, 0.717) is 11.8 Å². The van der Waals surface area contributed by atoms with E-state index in [0.717, 1.165) is 19.5 Å². The van der Waals surface area contributed by atoms with E-state index < -0.39 is 0 Å². The van der Waals surface area contributed by atoms with Crippen molar-refractivity contribution < 1.29 is 4.79 Å². The summed E-state index contributed by atoms with van der Waals surface area (Å²) in [7, 11) is 0. The second-order valence-electron chi connectivity index (χ2n) is 5.11. The van der Waals surface area contributed by atoms with E-state index in [4.69, 9.17) is 0 Å². The summed E-state index contributed by atoms with van der Waals surface area (Å²) in [6.45, 7) is 10.4. The maximum Gasteiger partial charge on any atom is 0.317 e. The number of urea groups is 1. The second kappa shape index (κ2) is 5.38. The molecule has 0 unspecified atom stereocenters. The van der Waals surface area contributed by atoms with Crippen LogP contribution in [-0.2, 0) is 0 Å². The van der Waals surface area contributed by atoms with E-state index in [1.54, 1.807) is 0 Å². The number of hydrogen-bond donors (Lipinski definition) is 1. The van der Waals surface area contributed by atoms with Crippen molar-refractivity contribution in [3.8, 4) is 0 Å². The molecule has 0 aromatic carbocycles. The Morgan fingerprint density at radius 3 is 2.40 bits per heavy atom. The van der Waals surface area contributed by atoms with E-state index >= 15 is 0 Å². The Morgan fingerprint density at radius 1 is 1.40 bits per heavy atom. The molecule has 1 rings (SSSR count). The largest absolute Gasteiger partial charge is 0.336 e. The molecule has 0 saturated carbocycles. The van der Waals surface area contributed by atoms with Crippen molar-refractivity contribution in [2.24, 2.45) is 11.8 Å². The smallest absolute Gasteiger partial charge is 0.317 e. The van der Waals surface area contributed by atoms with Gasteiger partial charge in [-0.15, -0.1) is 0 Å². The molecule has 0 spiro atoms. The third kappa shape index (κ3) is 3.73. The summed E-state index contributed by atoms with van der Waals surface area (Å²) in [6.07, 6.45) is 2.23. The van der Waals surface area contributed by atoms with Crippen molar-refractivity contribution in [2.75, 3.05) is 13.1 Å². The summed E-state index contributed by atoms with van der Waals surface area (Å²) in [4.78, 5) is 13.8. The molecule has 1 N–H and O–H groups in total. The van der Waals surface area contributed by atoms with Gasteiger partial charge in [0, 0.05) is 19.1 Å². The highest BCUT2D eigenvalue weighted by Gasteiger charge is 2.25. The van der Waals surface area contributed by atoms with Crippen molar-refractivity contribution in [3.05, 3.63) is 0 Å². The lowest BCUT2D eigenvalue weighted by Crippen LogP contribution is -2.49. The van der Waals surface area contributed by atoms with Gasteiger partial charge in [0.1, 0.15) is 0 Å². The van der Waals surface area contributed by atoms with Crippen LogP contribution in [0.5, 0.6) is 0 Å². The molecule has 2 amide bonds. The predicted octanol–water partition coefficient (Wildman–Crippen LogP) is 2.47. The zero-order chi connectivity index (χ0) is 11.4. The minimum Gasteiger partial charge on any atom is -0.336 e. The maximum absolute atomic E-state index is 11.9. The molecule has 0 aromatic rings. The Hall–Kier alpha value is -0.730. The van der Waals surface area contributed by atoms with Crippen LogP contribution in [0.4, 0.5) is 4.79 Å². The SMILES string of the molecule is CC[C@@H](C)NC(=O)N1C[C@@H](C)C[C@H](C)C1. The van der Waals surface area contributed by atoms with Crippen molar-refractivity contribution in [3.63, 3.8) is 0 Å². The van der Waals surface area contributed by atoms with Crippen LogP contribution in [0.25, 0.3) is 0 Å². The molecular formula is C12H24N2O. The van der Waals surface area contributed by atoms with Crippen LogP contribution in [0.1, 0.15) is 40.5 Å². The van der Waals surface area contributed by atoms with Crippen LogP contribution < -0.4 is 5.32 Å². The van der Waals surface area contributed by atoms with E-state index in [-0.39, 0.29) is 12.1 Å². The Morgan fingerprint density at radius 2 is 1.93 bits per heavy atom. The normalized spacial score (nSPS) is 28.7. The summed E-state index contributed by atoms with van der Waals surface area (Å²) in [5.41, 5.74) is 0. The second-order valence-corrected chi connectivity index (χ2v) is 5.11. The van der Waals surface area contributed by atoms with Crippen LogP contribution in [-0.4, -0.2) is 30.1 Å². The number of amides is 2. The van der Waals surface area contributed by atoms with Crippen LogP contribution in [0.2, 0.25) is 0 Å². The van der Waals surface area contributed by atoms with Gasteiger partial charge in [-0.25, -0.2) is 4.79 Å². The van der Waals surface area contributed by atoms with Crippen molar-refractivity contribution >= 4 is 6.03 Å². The molecule has 1 heterocycles. The number of rotatable bonds is 2. The van der Waals surface area contributed by atoms with Crippen LogP contribution in [0, 0.1) is 11.8 Å². The van der Waals surface area contributed by atoms with E-state index in [2.05, 4.69) is 33.0 Å². The number of nitrogens with one attached hydrogen (secondary N) is 1. The number of nitrogens with zero attached hydrogens (tertiary/aromatic N) is 1. The van der Waals surface area contributed by atoms with Gasteiger partial charge in [0.15, 0.2) is 0 Å². The molecule has 0 aliphatic carbocycles. The summed E-state index contributed by atoms with van der Waals surface area (Å²) >= 11 is 0. The van der Waals surface area contributed by atoms with Crippen LogP contribution >= 0.6 is 0 Å². The number of hydrogen-bond acceptors (Lipinski definition) is 1. The lowest BCUT2D eigenvalue weighted by Gasteiger charge is -2.35. The summed E-state index contributed by atoms with van der Waals surface area (Å²) in [5.74, 6) is 1.27. The maximum atomic E-state index is 11.9. The predicted molar refractivity (Wildman–Crippen MR) is 62.8 cm³/mol. The van der Waals surface area contributed by atoms with Gasteiger partial charge in [0.05, 0.1) is 0 Å². The number of piperidine rings is 1. The first kappa shape index (κ1) is 12.3. The van der Waals surface area contributed by atoms with Gasteiger partial charge in [0.2, 0.25) is 0 Å². The first-order valence-corrected chi connectivity index (χ1v) is 6.08. The average molecular weight is 212 g/mol. The van der Waals surface area contributed by atoms with Crippen molar-refractivity contribution in [2.45, 2.75) is 46.6 Å². The summed E-state index contributed by atoms with van der Waals surface area (Å²) in [6, 6.07) is 0.396. The first-order chi connectivity index (χ1) is 7.02. The minimum absolute atomic E-state index is 0.114. The monoisotopic (exact) mass is 212 g/mol. The van der Waals surface area contributed by atoms with E-state index in [1.165, 1.54) is 6.42 Å². The highest BCUT2D eigenvalue weighted by molar-refractivity contribution is 5.74. The van der Waals surface area contributed by atoms with Crippen molar-refractivity contribution in [1.82, 2.24) is 10.2 Å². The number of carbonyl (C=O) groups excluding carboxylic acids is 1. The Balaban J connectivity index is 2.44. The van der Waals surface area contributed by atoms with E-state index in [9.17, 15) is 4.79 Å². The van der Waals surface area contributed by atoms with Gasteiger partial charge in [-0.3, -0.25) is 0 Å². The molecule has 0 radical (unpaired) electrons. The molecule has 15 heavy (non-hydrogen) atoms. The molecule has 3 nitrogen and oxygen atoms in total. The van der Waals surface area contributed by atoms with Gasteiger partial charge in [0.25, 0.3) is 0 Å². The zero-order valence-electron chi connectivity index (χ0n) is 10.4. The van der Waals surface area contributed by atoms with Crippen molar-refractivity contribution in [1.29, 1.82) is 0 Å². The standard InChI is InChI=1S/C12H24N2O/c1-5-11(4)13-12(15)14-7-9(2)6-10(3)8-14/h9-11H,5-8H2,1-4H3,(H,13,15)/t9-,10-,11+/m0/s1. The Labute approximate surface area is 93.2 Å².